The molecule has 6 nitrogen and oxygen atoms in total. The van der Waals surface area contributed by atoms with Crippen molar-refractivity contribution in [1.29, 1.82) is 0 Å². The standard InChI is InChI=1S/C18H18O6/c19-15(17(21)22)13-7-3-11(4-8-13)1-2-12-5-9-14(10-6-12)16(20)18(23)24/h3-10,17-18,21-24H,1-2H2. The van der Waals surface area contributed by atoms with Gasteiger partial charge in [-0.2, -0.15) is 0 Å². The summed E-state index contributed by atoms with van der Waals surface area (Å²) in [5, 5.41) is 35.4. The summed E-state index contributed by atoms with van der Waals surface area (Å²) in [7, 11) is 0. The van der Waals surface area contributed by atoms with Crippen molar-refractivity contribution >= 4 is 11.6 Å². The van der Waals surface area contributed by atoms with Crippen molar-refractivity contribution in [1.82, 2.24) is 0 Å². The van der Waals surface area contributed by atoms with Gasteiger partial charge in [0, 0.05) is 11.1 Å². The number of aliphatic hydroxyl groups is 4. The zero-order valence-electron chi connectivity index (χ0n) is 12.8. The van der Waals surface area contributed by atoms with Crippen molar-refractivity contribution in [3.05, 3.63) is 70.8 Å². The fourth-order valence-electron chi connectivity index (χ4n) is 2.26. The SMILES string of the molecule is O=C(c1ccc(CCc2ccc(C(=O)C(O)O)cc2)cc1)C(O)O. The molecule has 2 aromatic rings. The number of benzene rings is 2. The molecule has 0 heterocycles. The van der Waals surface area contributed by atoms with E-state index in [1.54, 1.807) is 48.5 Å². The minimum atomic E-state index is -2.01. The average Bonchev–Trinajstić information content (AvgIpc) is 2.59. The van der Waals surface area contributed by atoms with Gasteiger partial charge in [-0.1, -0.05) is 48.5 Å². The lowest BCUT2D eigenvalue weighted by molar-refractivity contribution is -0.0195. The molecule has 6 heteroatoms. The second kappa shape index (κ2) is 7.94. The maximum absolute atomic E-state index is 11.4. The summed E-state index contributed by atoms with van der Waals surface area (Å²) >= 11 is 0. The predicted molar refractivity (Wildman–Crippen MR) is 85.4 cm³/mol. The summed E-state index contributed by atoms with van der Waals surface area (Å²) in [5.41, 5.74) is 2.42. The summed E-state index contributed by atoms with van der Waals surface area (Å²) in [6.07, 6.45) is -2.61. The molecule has 0 aliphatic rings. The zero-order valence-corrected chi connectivity index (χ0v) is 12.8. The fourth-order valence-corrected chi connectivity index (χ4v) is 2.26. The van der Waals surface area contributed by atoms with Gasteiger partial charge in [-0.3, -0.25) is 9.59 Å². The van der Waals surface area contributed by atoms with Crippen molar-refractivity contribution < 1.29 is 30.0 Å². The third-order valence-electron chi connectivity index (χ3n) is 3.65. The molecule has 0 saturated heterocycles. The van der Waals surface area contributed by atoms with Gasteiger partial charge in [0.25, 0.3) is 0 Å². The molecule has 2 rings (SSSR count). The minimum Gasteiger partial charge on any atom is -0.362 e. The highest BCUT2D eigenvalue weighted by Gasteiger charge is 2.14. The number of hydrogen-bond acceptors (Lipinski definition) is 6. The van der Waals surface area contributed by atoms with Crippen LogP contribution >= 0.6 is 0 Å². The van der Waals surface area contributed by atoms with Crippen LogP contribution in [0.2, 0.25) is 0 Å². The number of aryl methyl sites for hydroxylation is 2. The van der Waals surface area contributed by atoms with Crippen LogP contribution in [0.4, 0.5) is 0 Å². The molecule has 0 radical (unpaired) electrons. The Labute approximate surface area is 138 Å². The van der Waals surface area contributed by atoms with Gasteiger partial charge < -0.3 is 20.4 Å². The largest absolute Gasteiger partial charge is 0.362 e. The summed E-state index contributed by atoms with van der Waals surface area (Å²) in [5.74, 6) is -1.49. The average molecular weight is 330 g/mol. The number of rotatable bonds is 7. The van der Waals surface area contributed by atoms with Gasteiger partial charge >= 0.3 is 0 Å². The Morgan fingerprint density at radius 3 is 1.17 bits per heavy atom. The van der Waals surface area contributed by atoms with E-state index in [4.69, 9.17) is 20.4 Å². The molecule has 0 aliphatic carbocycles. The van der Waals surface area contributed by atoms with Gasteiger partial charge in [0.15, 0.2) is 0 Å². The van der Waals surface area contributed by atoms with E-state index in [1.165, 1.54) is 0 Å². The quantitative estimate of drug-likeness (QED) is 0.433. The van der Waals surface area contributed by atoms with Gasteiger partial charge in [0.1, 0.15) is 0 Å². The molecule has 0 aliphatic heterocycles. The van der Waals surface area contributed by atoms with Crippen LogP contribution in [0.1, 0.15) is 31.8 Å². The Morgan fingerprint density at radius 1 is 0.625 bits per heavy atom. The topological polar surface area (TPSA) is 115 Å². The minimum absolute atomic E-state index is 0.235. The maximum atomic E-state index is 11.4. The lowest BCUT2D eigenvalue weighted by Gasteiger charge is -2.07. The molecular weight excluding hydrogens is 312 g/mol. The Balaban J connectivity index is 1.96. The molecule has 4 N–H and O–H groups in total. The first-order chi connectivity index (χ1) is 11.4. The molecule has 0 bridgehead atoms. The van der Waals surface area contributed by atoms with Crippen molar-refractivity contribution in [2.45, 2.75) is 25.4 Å². The molecular formula is C18H18O6. The van der Waals surface area contributed by atoms with E-state index in [1.807, 2.05) is 0 Å². The third kappa shape index (κ3) is 4.56. The molecule has 126 valence electrons. The van der Waals surface area contributed by atoms with Crippen LogP contribution in [0.15, 0.2) is 48.5 Å². The van der Waals surface area contributed by atoms with E-state index in [0.717, 1.165) is 11.1 Å². The lowest BCUT2D eigenvalue weighted by Crippen LogP contribution is -2.19. The van der Waals surface area contributed by atoms with Gasteiger partial charge in [0.2, 0.25) is 24.1 Å². The molecule has 0 saturated carbocycles. The summed E-state index contributed by atoms with van der Waals surface area (Å²) < 4.78 is 0. The molecule has 2 aromatic carbocycles. The van der Waals surface area contributed by atoms with Crippen LogP contribution in [-0.4, -0.2) is 44.6 Å². The first-order valence-corrected chi connectivity index (χ1v) is 7.37. The van der Waals surface area contributed by atoms with Crippen molar-refractivity contribution in [3.63, 3.8) is 0 Å². The number of ketones is 2. The monoisotopic (exact) mass is 330 g/mol. The molecule has 0 amide bonds. The highest BCUT2D eigenvalue weighted by atomic mass is 16.5. The van der Waals surface area contributed by atoms with Crippen molar-refractivity contribution in [2.75, 3.05) is 0 Å². The van der Waals surface area contributed by atoms with Crippen LogP contribution in [0, 0.1) is 0 Å². The number of carbonyl (C=O) groups excluding carboxylic acids is 2. The molecule has 0 spiro atoms. The number of aliphatic hydroxyl groups excluding tert-OH is 2. The molecule has 0 aromatic heterocycles. The lowest BCUT2D eigenvalue weighted by atomic mass is 10.0. The smallest absolute Gasteiger partial charge is 0.218 e. The van der Waals surface area contributed by atoms with Crippen LogP contribution in [0.25, 0.3) is 0 Å². The predicted octanol–water partition coefficient (Wildman–Crippen LogP) is 0.459. The van der Waals surface area contributed by atoms with Gasteiger partial charge in [0.05, 0.1) is 0 Å². The third-order valence-corrected chi connectivity index (χ3v) is 3.65. The maximum Gasteiger partial charge on any atom is 0.218 e. The van der Waals surface area contributed by atoms with Crippen LogP contribution in [0.5, 0.6) is 0 Å². The summed E-state index contributed by atoms with van der Waals surface area (Å²) in [4.78, 5) is 22.8. The van der Waals surface area contributed by atoms with E-state index < -0.39 is 24.1 Å². The van der Waals surface area contributed by atoms with Gasteiger partial charge in [-0.25, -0.2) is 0 Å². The van der Waals surface area contributed by atoms with Crippen LogP contribution in [0.3, 0.4) is 0 Å². The van der Waals surface area contributed by atoms with E-state index in [9.17, 15) is 9.59 Å². The summed E-state index contributed by atoms with van der Waals surface area (Å²) in [6.45, 7) is 0. The van der Waals surface area contributed by atoms with E-state index in [-0.39, 0.29) is 11.1 Å². The van der Waals surface area contributed by atoms with E-state index in [0.29, 0.717) is 12.8 Å². The van der Waals surface area contributed by atoms with Crippen molar-refractivity contribution in [3.8, 4) is 0 Å². The second-order valence-electron chi connectivity index (χ2n) is 5.37. The van der Waals surface area contributed by atoms with E-state index in [2.05, 4.69) is 0 Å². The summed E-state index contributed by atoms with van der Waals surface area (Å²) in [6, 6.07) is 13.2. The molecule has 0 fully saturated rings. The molecule has 0 unspecified atom stereocenters. The molecule has 24 heavy (non-hydrogen) atoms. The Hall–Kier alpha value is -2.38. The first-order valence-electron chi connectivity index (χ1n) is 7.37. The van der Waals surface area contributed by atoms with E-state index >= 15 is 0 Å². The fraction of sp³-hybridized carbons (Fsp3) is 0.222. The number of Topliss-reactive ketones (excluding diaryl/α,β-unsaturated/α-hetero) is 2. The Bertz CT molecular complexity index is 638. The first kappa shape index (κ1) is 18.0. The zero-order chi connectivity index (χ0) is 17.7. The van der Waals surface area contributed by atoms with Crippen LogP contribution < -0.4 is 0 Å². The highest BCUT2D eigenvalue weighted by molar-refractivity contribution is 5.98. The number of hydrogen-bond donors (Lipinski definition) is 4. The number of carbonyl (C=O) groups is 2. The normalized spacial score (nSPS) is 11.1. The van der Waals surface area contributed by atoms with Gasteiger partial charge in [-0.15, -0.1) is 0 Å². The Morgan fingerprint density at radius 2 is 0.917 bits per heavy atom. The highest BCUT2D eigenvalue weighted by Crippen LogP contribution is 2.12. The van der Waals surface area contributed by atoms with Gasteiger partial charge in [-0.05, 0) is 24.0 Å². The van der Waals surface area contributed by atoms with Crippen LogP contribution in [-0.2, 0) is 12.8 Å². The molecule has 0 atom stereocenters. The van der Waals surface area contributed by atoms with Crippen molar-refractivity contribution in [2.24, 2.45) is 0 Å². The second-order valence-corrected chi connectivity index (χ2v) is 5.37. The Kier molecular flexibility index (Phi) is 5.94.